The van der Waals surface area contributed by atoms with Crippen LogP contribution in [0.3, 0.4) is 0 Å². The van der Waals surface area contributed by atoms with Gasteiger partial charge in [-0.25, -0.2) is 21.6 Å². The van der Waals surface area contributed by atoms with E-state index in [2.05, 4.69) is 4.72 Å². The lowest BCUT2D eigenvalue weighted by Crippen LogP contribution is -2.48. The molecular weight excluding hydrogens is 513 g/mol. The normalized spacial score (nSPS) is 15.6. The molecule has 0 aromatic heterocycles. The second-order valence-electron chi connectivity index (χ2n) is 7.22. The van der Waals surface area contributed by atoms with E-state index in [0.29, 0.717) is 24.5 Å². The Morgan fingerprint density at radius 3 is 2.12 bits per heavy atom. The van der Waals surface area contributed by atoms with Crippen molar-refractivity contribution in [2.45, 2.75) is 9.79 Å². The molecule has 1 N–H and O–H groups in total. The van der Waals surface area contributed by atoms with Crippen molar-refractivity contribution < 1.29 is 26.3 Å². The van der Waals surface area contributed by atoms with Crippen molar-refractivity contribution in [1.82, 2.24) is 9.03 Å². The fourth-order valence-electron chi connectivity index (χ4n) is 3.44. The third-order valence-electron chi connectivity index (χ3n) is 5.11. The maximum Gasteiger partial charge on any atom is 0.243 e. The summed E-state index contributed by atoms with van der Waals surface area (Å²) in [4.78, 5) is 2.00. The molecule has 0 unspecified atom stereocenters. The third kappa shape index (κ3) is 6.10. The van der Waals surface area contributed by atoms with Crippen LogP contribution in [0.25, 0.3) is 0 Å². The van der Waals surface area contributed by atoms with E-state index < -0.39 is 20.0 Å². The molecule has 0 bridgehead atoms. The Morgan fingerprint density at radius 2 is 1.55 bits per heavy atom. The Bertz CT molecular complexity index is 1180. The van der Waals surface area contributed by atoms with Gasteiger partial charge in [-0.2, -0.15) is 4.31 Å². The van der Waals surface area contributed by atoms with Crippen LogP contribution in [0.2, 0.25) is 10.0 Å². The second kappa shape index (κ2) is 10.8. The van der Waals surface area contributed by atoms with Gasteiger partial charge >= 0.3 is 0 Å². The molecule has 33 heavy (non-hydrogen) atoms. The van der Waals surface area contributed by atoms with Gasteiger partial charge in [-0.05, 0) is 36.4 Å². The standard InChI is InChI=1S/C20H25Cl2N3O6S2/c1-30-10-5-23-32(26,27)17-3-4-20(31-2)19(14-17)24-6-8-25(9-7-24)33(28,29)18-12-15(21)11-16(22)13-18/h3-4,11-14,23H,5-10H2,1-2H3. The summed E-state index contributed by atoms with van der Waals surface area (Å²) < 4.78 is 65.4. The topological polar surface area (TPSA) is 105 Å². The van der Waals surface area contributed by atoms with Crippen LogP contribution in [-0.4, -0.2) is 74.7 Å². The van der Waals surface area contributed by atoms with Gasteiger partial charge < -0.3 is 14.4 Å². The lowest BCUT2D eigenvalue weighted by molar-refractivity contribution is 0.204. The predicted molar refractivity (Wildman–Crippen MR) is 127 cm³/mol. The molecule has 13 heteroatoms. The van der Waals surface area contributed by atoms with Crippen LogP contribution >= 0.6 is 23.2 Å². The van der Waals surface area contributed by atoms with Gasteiger partial charge in [-0.1, -0.05) is 23.2 Å². The highest BCUT2D eigenvalue weighted by Crippen LogP contribution is 2.33. The van der Waals surface area contributed by atoms with Crippen LogP contribution in [0.4, 0.5) is 5.69 Å². The van der Waals surface area contributed by atoms with E-state index in [0.717, 1.165) is 0 Å². The molecule has 1 heterocycles. The third-order valence-corrected chi connectivity index (χ3v) is 8.88. The minimum Gasteiger partial charge on any atom is -0.495 e. The number of nitrogens with one attached hydrogen (secondary N) is 1. The SMILES string of the molecule is COCCNS(=O)(=O)c1ccc(OC)c(N2CCN(S(=O)(=O)c3cc(Cl)cc(Cl)c3)CC2)c1. The first kappa shape index (κ1) is 26.0. The van der Waals surface area contributed by atoms with Crippen LogP contribution in [0.1, 0.15) is 0 Å². The monoisotopic (exact) mass is 537 g/mol. The number of benzene rings is 2. The Kier molecular flexibility index (Phi) is 8.49. The largest absolute Gasteiger partial charge is 0.495 e. The molecule has 9 nitrogen and oxygen atoms in total. The maximum atomic E-state index is 13.0. The molecule has 3 rings (SSSR count). The highest BCUT2D eigenvalue weighted by molar-refractivity contribution is 7.89. The van der Waals surface area contributed by atoms with Gasteiger partial charge in [0.25, 0.3) is 0 Å². The molecule has 1 saturated heterocycles. The number of sulfonamides is 2. The summed E-state index contributed by atoms with van der Waals surface area (Å²) in [5, 5.41) is 0.475. The zero-order chi connectivity index (χ0) is 24.2. The molecule has 0 amide bonds. The molecule has 0 atom stereocenters. The van der Waals surface area contributed by atoms with Crippen molar-refractivity contribution in [2.24, 2.45) is 0 Å². The van der Waals surface area contributed by atoms with Crippen LogP contribution in [-0.2, 0) is 24.8 Å². The van der Waals surface area contributed by atoms with Gasteiger partial charge in [-0.15, -0.1) is 0 Å². The van der Waals surface area contributed by atoms with Crippen molar-refractivity contribution >= 4 is 48.9 Å². The van der Waals surface area contributed by atoms with Gasteiger partial charge in [0.2, 0.25) is 20.0 Å². The molecule has 1 aliphatic heterocycles. The number of methoxy groups -OCH3 is 2. The van der Waals surface area contributed by atoms with Crippen LogP contribution in [0.15, 0.2) is 46.2 Å². The molecule has 2 aromatic rings. The quantitative estimate of drug-likeness (QED) is 0.489. The smallest absolute Gasteiger partial charge is 0.243 e. The van der Waals surface area contributed by atoms with Crippen LogP contribution in [0, 0.1) is 0 Å². The average Bonchev–Trinajstić information content (AvgIpc) is 2.78. The molecule has 182 valence electrons. The number of hydrogen-bond acceptors (Lipinski definition) is 7. The second-order valence-corrected chi connectivity index (χ2v) is 11.8. The first-order valence-corrected chi connectivity index (χ1v) is 13.6. The maximum absolute atomic E-state index is 13.0. The van der Waals surface area contributed by atoms with E-state index in [1.54, 1.807) is 6.07 Å². The molecule has 0 saturated carbocycles. The highest BCUT2D eigenvalue weighted by atomic mass is 35.5. The Labute approximate surface area is 204 Å². The molecule has 0 aliphatic carbocycles. The number of rotatable bonds is 9. The lowest BCUT2D eigenvalue weighted by atomic mass is 10.2. The van der Waals surface area contributed by atoms with Gasteiger partial charge in [0.05, 0.1) is 29.2 Å². The van der Waals surface area contributed by atoms with Gasteiger partial charge in [0.15, 0.2) is 0 Å². The fourth-order valence-corrected chi connectivity index (χ4v) is 6.62. The molecule has 1 fully saturated rings. The van der Waals surface area contributed by atoms with Gasteiger partial charge in [-0.3, -0.25) is 0 Å². The van der Waals surface area contributed by atoms with E-state index in [1.807, 2.05) is 4.90 Å². The number of piperazine rings is 1. The van der Waals surface area contributed by atoms with E-state index in [1.165, 1.54) is 48.9 Å². The van der Waals surface area contributed by atoms with Crippen LogP contribution < -0.4 is 14.4 Å². The van der Waals surface area contributed by atoms with Crippen molar-refractivity contribution in [3.05, 3.63) is 46.4 Å². The molecule has 1 aliphatic rings. The number of anilines is 1. The van der Waals surface area contributed by atoms with Crippen LogP contribution in [0.5, 0.6) is 5.75 Å². The summed E-state index contributed by atoms with van der Waals surface area (Å²) in [7, 11) is -4.54. The summed E-state index contributed by atoms with van der Waals surface area (Å²) in [6, 6.07) is 8.76. The van der Waals surface area contributed by atoms with Crippen molar-refractivity contribution in [2.75, 3.05) is 58.5 Å². The number of ether oxygens (including phenoxy) is 2. The zero-order valence-electron chi connectivity index (χ0n) is 18.1. The molecule has 0 spiro atoms. The van der Waals surface area contributed by atoms with Crippen molar-refractivity contribution in [3.8, 4) is 5.75 Å². The minimum absolute atomic E-state index is 0.0289. The molecular formula is C20H25Cl2N3O6S2. The average molecular weight is 538 g/mol. The number of hydrogen-bond donors (Lipinski definition) is 1. The van der Waals surface area contributed by atoms with E-state index in [9.17, 15) is 16.8 Å². The molecule has 0 radical (unpaired) electrons. The molecule has 2 aromatic carbocycles. The van der Waals surface area contributed by atoms with E-state index >= 15 is 0 Å². The lowest BCUT2D eigenvalue weighted by Gasteiger charge is -2.36. The van der Waals surface area contributed by atoms with Crippen molar-refractivity contribution in [3.63, 3.8) is 0 Å². The van der Waals surface area contributed by atoms with Crippen molar-refractivity contribution in [1.29, 1.82) is 0 Å². The highest BCUT2D eigenvalue weighted by Gasteiger charge is 2.30. The summed E-state index contributed by atoms with van der Waals surface area (Å²) in [5.74, 6) is 0.490. The number of nitrogens with zero attached hydrogens (tertiary/aromatic N) is 2. The van der Waals surface area contributed by atoms with E-state index in [4.69, 9.17) is 32.7 Å². The Balaban J connectivity index is 1.79. The van der Waals surface area contributed by atoms with Gasteiger partial charge in [0, 0.05) is 49.9 Å². The Morgan fingerprint density at radius 1 is 0.909 bits per heavy atom. The van der Waals surface area contributed by atoms with Gasteiger partial charge in [0.1, 0.15) is 5.75 Å². The summed E-state index contributed by atoms with van der Waals surface area (Å²) in [5.41, 5.74) is 0.565. The predicted octanol–water partition coefficient (Wildman–Crippen LogP) is 2.44. The van der Waals surface area contributed by atoms with E-state index in [-0.39, 0.29) is 46.1 Å². The first-order chi connectivity index (χ1) is 15.6. The summed E-state index contributed by atoms with van der Waals surface area (Å²) in [6.07, 6.45) is 0. The summed E-state index contributed by atoms with van der Waals surface area (Å²) >= 11 is 11.9. The zero-order valence-corrected chi connectivity index (χ0v) is 21.3. The Hall–Kier alpha value is -1.60. The fraction of sp³-hybridized carbons (Fsp3) is 0.400. The minimum atomic E-state index is -3.78. The first-order valence-electron chi connectivity index (χ1n) is 9.96. The number of halogens is 2. The summed E-state index contributed by atoms with van der Waals surface area (Å²) in [6.45, 7) is 1.45.